The molecule has 0 spiro atoms. The van der Waals surface area contributed by atoms with Gasteiger partial charge in [-0.3, -0.25) is 4.79 Å². The van der Waals surface area contributed by atoms with Gasteiger partial charge >= 0.3 is 0 Å². The number of hydrogen-bond donors (Lipinski definition) is 2. The summed E-state index contributed by atoms with van der Waals surface area (Å²) in [5.41, 5.74) is 9.72. The third-order valence-electron chi connectivity index (χ3n) is 5.81. The van der Waals surface area contributed by atoms with Crippen molar-refractivity contribution >= 4 is 44.5 Å². The van der Waals surface area contributed by atoms with Crippen LogP contribution in [0.3, 0.4) is 0 Å². The summed E-state index contributed by atoms with van der Waals surface area (Å²) in [5, 5.41) is 3.75. The van der Waals surface area contributed by atoms with E-state index in [4.69, 9.17) is 20.2 Å². The molecule has 29 heavy (non-hydrogen) atoms. The number of pyridine rings is 1. The zero-order valence-corrected chi connectivity index (χ0v) is 17.1. The Hall–Kier alpha value is -3.00. The van der Waals surface area contributed by atoms with Crippen molar-refractivity contribution in [3.05, 3.63) is 34.8 Å². The number of carbonyl (C=O) groups is 1. The third kappa shape index (κ3) is 2.86. The molecular weight excluding hydrogens is 388 g/mol. The number of thiophene rings is 1. The Labute approximate surface area is 172 Å². The molecule has 0 radical (unpaired) electrons. The van der Waals surface area contributed by atoms with E-state index in [1.165, 1.54) is 17.0 Å². The summed E-state index contributed by atoms with van der Waals surface area (Å²) in [7, 11) is 3.14. The quantitative estimate of drug-likeness (QED) is 0.679. The van der Waals surface area contributed by atoms with Crippen LogP contribution in [-0.2, 0) is 0 Å². The molecule has 1 aromatic carbocycles. The van der Waals surface area contributed by atoms with Crippen LogP contribution in [0.2, 0.25) is 0 Å². The summed E-state index contributed by atoms with van der Waals surface area (Å²) in [4.78, 5) is 21.6. The van der Waals surface area contributed by atoms with E-state index < -0.39 is 0 Å². The molecule has 1 saturated heterocycles. The van der Waals surface area contributed by atoms with Crippen molar-refractivity contribution in [1.29, 1.82) is 0 Å². The predicted molar refractivity (Wildman–Crippen MR) is 116 cm³/mol. The number of ether oxygens (including phenoxy) is 2. The molecule has 0 atom stereocenters. The largest absolute Gasteiger partial charge is 0.497 e. The van der Waals surface area contributed by atoms with Crippen LogP contribution in [0.1, 0.15) is 34.1 Å². The topological polar surface area (TPSA) is 89.7 Å². The van der Waals surface area contributed by atoms with E-state index in [1.54, 1.807) is 32.4 Å². The molecular formula is C21H22N4O3S. The maximum atomic E-state index is 13.0. The Morgan fingerprint density at radius 2 is 2.03 bits per heavy atom. The average molecular weight is 410 g/mol. The number of aromatic nitrogens is 1. The third-order valence-corrected chi connectivity index (χ3v) is 6.93. The van der Waals surface area contributed by atoms with Gasteiger partial charge in [0.05, 0.1) is 37.0 Å². The van der Waals surface area contributed by atoms with Gasteiger partial charge in [0, 0.05) is 30.5 Å². The number of nitrogens with two attached hydrogens (primary N) is 1. The Kier molecular flexibility index (Phi) is 4.24. The molecule has 5 heterocycles. The van der Waals surface area contributed by atoms with E-state index in [2.05, 4.69) is 16.3 Å². The molecule has 0 unspecified atom stereocenters. The van der Waals surface area contributed by atoms with Crippen molar-refractivity contribution in [2.24, 2.45) is 0 Å². The first kappa shape index (κ1) is 18.1. The predicted octanol–water partition coefficient (Wildman–Crippen LogP) is 3.85. The normalized spacial score (nSPS) is 15.4. The molecule has 8 heteroatoms. The molecule has 3 aliphatic rings. The number of rotatable bonds is 4. The lowest BCUT2D eigenvalue weighted by atomic mass is 9.86. The molecule has 150 valence electrons. The molecule has 6 rings (SSSR count). The van der Waals surface area contributed by atoms with Gasteiger partial charge in [-0.1, -0.05) is 0 Å². The van der Waals surface area contributed by atoms with E-state index in [0.29, 0.717) is 33.7 Å². The van der Waals surface area contributed by atoms with Crippen molar-refractivity contribution in [3.63, 3.8) is 0 Å². The van der Waals surface area contributed by atoms with Crippen molar-refractivity contribution < 1.29 is 14.3 Å². The fraction of sp³-hybridized carbons (Fsp3) is 0.333. The standard InChI is InChI=1S/C21H22N4O3S/c1-27-12-3-4-16(28-2)14(9-12)23-20(26)19-17(22)13-10-15-18(24-21(13)29-19)11-5-7-25(15)8-6-11/h3-4,9-11H,5-8,22H2,1-2H3,(H,23,26). The van der Waals surface area contributed by atoms with Gasteiger partial charge in [-0.25, -0.2) is 4.98 Å². The number of nitrogens with zero attached hydrogens (tertiary/aromatic N) is 2. The number of hydrogen-bond acceptors (Lipinski definition) is 7. The number of methoxy groups -OCH3 is 2. The Balaban J connectivity index is 1.52. The molecule has 1 amide bonds. The Bertz CT molecular complexity index is 1120. The highest BCUT2D eigenvalue weighted by atomic mass is 32.1. The number of carbonyl (C=O) groups excluding carboxylic acids is 1. The zero-order valence-electron chi connectivity index (χ0n) is 16.3. The molecule has 3 aliphatic heterocycles. The van der Waals surface area contributed by atoms with Crippen LogP contribution in [0.5, 0.6) is 11.5 Å². The van der Waals surface area contributed by atoms with Crippen LogP contribution in [0, 0.1) is 0 Å². The second-order valence-electron chi connectivity index (χ2n) is 7.37. The van der Waals surface area contributed by atoms with Gasteiger partial charge in [0.25, 0.3) is 5.91 Å². The molecule has 1 fully saturated rings. The van der Waals surface area contributed by atoms with Crippen LogP contribution in [0.15, 0.2) is 24.3 Å². The summed E-state index contributed by atoms with van der Waals surface area (Å²) >= 11 is 1.34. The number of nitrogen functional groups attached to an aromatic ring is 1. The lowest BCUT2D eigenvalue weighted by molar-refractivity contribution is 0.103. The first-order valence-electron chi connectivity index (χ1n) is 9.60. The molecule has 3 aromatic rings. The molecule has 0 saturated carbocycles. The van der Waals surface area contributed by atoms with Gasteiger partial charge in [0.1, 0.15) is 21.2 Å². The maximum absolute atomic E-state index is 13.0. The zero-order chi connectivity index (χ0) is 20.1. The van der Waals surface area contributed by atoms with Gasteiger partial charge in [0.15, 0.2) is 0 Å². The molecule has 3 N–H and O–H groups in total. The minimum atomic E-state index is -0.279. The van der Waals surface area contributed by atoms with Crippen LogP contribution in [0.25, 0.3) is 10.2 Å². The Morgan fingerprint density at radius 3 is 2.76 bits per heavy atom. The number of amides is 1. The summed E-state index contributed by atoms with van der Waals surface area (Å²) in [6.07, 6.45) is 2.30. The highest BCUT2D eigenvalue weighted by Crippen LogP contribution is 2.45. The minimum Gasteiger partial charge on any atom is -0.497 e. The second kappa shape index (κ2) is 6.81. The summed E-state index contributed by atoms with van der Waals surface area (Å²) < 4.78 is 10.6. The lowest BCUT2D eigenvalue weighted by Gasteiger charge is -2.41. The first-order chi connectivity index (χ1) is 14.1. The highest BCUT2D eigenvalue weighted by molar-refractivity contribution is 7.21. The molecule has 7 nitrogen and oxygen atoms in total. The van der Waals surface area contributed by atoms with E-state index in [-0.39, 0.29) is 5.91 Å². The van der Waals surface area contributed by atoms with E-state index in [0.717, 1.165) is 41.8 Å². The van der Waals surface area contributed by atoms with Crippen LogP contribution >= 0.6 is 11.3 Å². The Morgan fingerprint density at radius 1 is 1.24 bits per heavy atom. The number of fused-ring (bicyclic) bond motifs is 3. The van der Waals surface area contributed by atoms with Gasteiger partial charge in [0.2, 0.25) is 0 Å². The van der Waals surface area contributed by atoms with E-state index in [9.17, 15) is 4.79 Å². The average Bonchev–Trinajstić information content (AvgIpc) is 3.09. The summed E-state index contributed by atoms with van der Waals surface area (Å²) in [6, 6.07) is 7.36. The number of benzene rings is 1. The minimum absolute atomic E-state index is 0.279. The number of anilines is 3. The van der Waals surface area contributed by atoms with Gasteiger partial charge < -0.3 is 25.4 Å². The fourth-order valence-corrected chi connectivity index (χ4v) is 5.23. The van der Waals surface area contributed by atoms with Crippen molar-refractivity contribution in [3.8, 4) is 11.5 Å². The number of piperidine rings is 1. The van der Waals surface area contributed by atoms with Gasteiger partial charge in [-0.05, 0) is 31.0 Å². The van der Waals surface area contributed by atoms with Crippen molar-refractivity contribution in [2.45, 2.75) is 18.8 Å². The van der Waals surface area contributed by atoms with Crippen molar-refractivity contribution in [1.82, 2.24) is 4.98 Å². The van der Waals surface area contributed by atoms with Crippen molar-refractivity contribution in [2.75, 3.05) is 43.3 Å². The van der Waals surface area contributed by atoms with Gasteiger partial charge in [-0.15, -0.1) is 11.3 Å². The fourth-order valence-electron chi connectivity index (χ4n) is 4.25. The first-order valence-corrected chi connectivity index (χ1v) is 10.4. The number of nitrogens with one attached hydrogen (secondary N) is 1. The van der Waals surface area contributed by atoms with Crippen LogP contribution in [0.4, 0.5) is 17.1 Å². The van der Waals surface area contributed by atoms with Crippen LogP contribution in [-0.4, -0.2) is 38.2 Å². The SMILES string of the molecule is COc1ccc(OC)c(NC(=O)c2sc3nc4c(cc3c2N)N2CCC4CC2)c1. The molecule has 2 aromatic heterocycles. The lowest BCUT2D eigenvalue weighted by Crippen LogP contribution is -2.39. The highest BCUT2D eigenvalue weighted by Gasteiger charge is 2.33. The molecule has 0 aliphatic carbocycles. The monoisotopic (exact) mass is 410 g/mol. The summed E-state index contributed by atoms with van der Waals surface area (Å²) in [6.45, 7) is 2.13. The summed E-state index contributed by atoms with van der Waals surface area (Å²) in [5.74, 6) is 1.42. The smallest absolute Gasteiger partial charge is 0.268 e. The van der Waals surface area contributed by atoms with Crippen LogP contribution < -0.4 is 25.4 Å². The van der Waals surface area contributed by atoms with E-state index in [1.807, 2.05) is 0 Å². The second-order valence-corrected chi connectivity index (χ2v) is 8.37. The maximum Gasteiger partial charge on any atom is 0.268 e. The van der Waals surface area contributed by atoms with E-state index >= 15 is 0 Å². The van der Waals surface area contributed by atoms with Gasteiger partial charge in [-0.2, -0.15) is 0 Å². The molecule has 2 bridgehead atoms.